The summed E-state index contributed by atoms with van der Waals surface area (Å²) >= 11 is 0. The summed E-state index contributed by atoms with van der Waals surface area (Å²) in [6.45, 7) is 4.33. The van der Waals surface area contributed by atoms with E-state index >= 15 is 0 Å². The zero-order valence-electron chi connectivity index (χ0n) is 14.6. The van der Waals surface area contributed by atoms with Gasteiger partial charge in [-0.05, 0) is 36.2 Å². The van der Waals surface area contributed by atoms with Gasteiger partial charge in [0, 0.05) is 0 Å². The van der Waals surface area contributed by atoms with Gasteiger partial charge in [-0.2, -0.15) is 4.68 Å². The molecule has 0 saturated heterocycles. The molecule has 0 fully saturated rings. The summed E-state index contributed by atoms with van der Waals surface area (Å²) in [6.07, 6.45) is 0. The topological polar surface area (TPSA) is 83.3 Å². The van der Waals surface area contributed by atoms with Crippen LogP contribution in [0.3, 0.4) is 0 Å². The molecule has 0 amide bonds. The molecule has 0 unspecified atom stereocenters. The smallest absolute Gasteiger partial charge is 0.340 e. The average molecular weight is 353 g/mol. The molecule has 2 aromatic carbocycles. The third-order valence-electron chi connectivity index (χ3n) is 3.60. The number of carbonyl (C=O) groups is 1. The van der Waals surface area contributed by atoms with Crippen molar-refractivity contribution in [3.8, 4) is 5.75 Å². The van der Waals surface area contributed by atoms with Crippen LogP contribution in [-0.4, -0.2) is 27.6 Å². The first kappa shape index (κ1) is 17.6. The molecule has 7 nitrogen and oxygen atoms in total. The van der Waals surface area contributed by atoms with E-state index in [1.54, 1.807) is 48.5 Å². The van der Waals surface area contributed by atoms with Crippen molar-refractivity contribution in [2.24, 2.45) is 5.92 Å². The molecule has 134 valence electrons. The average Bonchev–Trinajstić information content (AvgIpc) is 2.66. The first-order valence-corrected chi connectivity index (χ1v) is 8.27. The predicted octanol–water partition coefficient (Wildman–Crippen LogP) is 2.64. The van der Waals surface area contributed by atoms with Gasteiger partial charge in [0.25, 0.3) is 5.56 Å². The summed E-state index contributed by atoms with van der Waals surface area (Å²) in [5, 5.41) is 8.16. The monoisotopic (exact) mass is 353 g/mol. The number of hydrogen-bond donors (Lipinski definition) is 0. The summed E-state index contributed by atoms with van der Waals surface area (Å²) in [6, 6.07) is 13.6. The fourth-order valence-electron chi connectivity index (χ4n) is 2.29. The van der Waals surface area contributed by atoms with Crippen LogP contribution in [-0.2, 0) is 11.5 Å². The fraction of sp³-hybridized carbons (Fsp3) is 0.263. The third-order valence-corrected chi connectivity index (χ3v) is 3.60. The number of ether oxygens (including phenoxy) is 2. The second-order valence-corrected chi connectivity index (χ2v) is 6.20. The van der Waals surface area contributed by atoms with E-state index in [9.17, 15) is 9.59 Å². The largest absolute Gasteiger partial charge is 0.493 e. The summed E-state index contributed by atoms with van der Waals surface area (Å²) in [7, 11) is 0. The highest BCUT2D eigenvalue weighted by Crippen LogP contribution is 2.15. The highest BCUT2D eigenvalue weighted by molar-refractivity contribution is 5.89. The molecule has 0 bridgehead atoms. The van der Waals surface area contributed by atoms with Crippen molar-refractivity contribution >= 4 is 16.9 Å². The standard InChI is InChI=1S/C19H19N3O4/c1-13(2)11-25-15-7-5-6-14(10-15)19(24)26-12-22-18(23)16-8-3-4-9-17(16)20-21-22/h3-10,13H,11-12H2,1-2H3. The summed E-state index contributed by atoms with van der Waals surface area (Å²) in [5.74, 6) is 0.404. The number of fused-ring (bicyclic) bond motifs is 1. The summed E-state index contributed by atoms with van der Waals surface area (Å²) < 4.78 is 11.8. The second kappa shape index (κ2) is 7.77. The molecule has 0 spiro atoms. The molecule has 3 aromatic rings. The Labute approximate surface area is 150 Å². The molecule has 0 aliphatic heterocycles. The van der Waals surface area contributed by atoms with Crippen molar-refractivity contribution in [2.75, 3.05) is 6.61 Å². The minimum Gasteiger partial charge on any atom is -0.493 e. The highest BCUT2D eigenvalue weighted by Gasteiger charge is 2.11. The maximum absolute atomic E-state index is 12.3. The maximum atomic E-state index is 12.3. The Kier molecular flexibility index (Phi) is 5.26. The zero-order valence-corrected chi connectivity index (χ0v) is 14.6. The van der Waals surface area contributed by atoms with E-state index in [-0.39, 0.29) is 12.3 Å². The molecule has 0 aliphatic carbocycles. The van der Waals surface area contributed by atoms with E-state index in [0.717, 1.165) is 4.68 Å². The SMILES string of the molecule is CC(C)COc1cccc(C(=O)OCn2nnc3ccccc3c2=O)c1. The van der Waals surface area contributed by atoms with Crippen LogP contribution in [0.1, 0.15) is 24.2 Å². The Morgan fingerprint density at radius 1 is 1.15 bits per heavy atom. The van der Waals surface area contributed by atoms with Crippen LogP contribution in [0.25, 0.3) is 10.9 Å². The summed E-state index contributed by atoms with van der Waals surface area (Å²) in [4.78, 5) is 24.6. The van der Waals surface area contributed by atoms with E-state index in [0.29, 0.717) is 34.7 Å². The van der Waals surface area contributed by atoms with Crippen LogP contribution in [0.4, 0.5) is 0 Å². The van der Waals surface area contributed by atoms with E-state index in [1.807, 2.05) is 13.8 Å². The Morgan fingerprint density at radius 3 is 2.77 bits per heavy atom. The molecule has 1 aromatic heterocycles. The minimum atomic E-state index is -0.568. The van der Waals surface area contributed by atoms with Gasteiger partial charge in [-0.15, -0.1) is 5.10 Å². The van der Waals surface area contributed by atoms with Gasteiger partial charge in [-0.3, -0.25) is 4.79 Å². The molecule has 1 heterocycles. The first-order valence-electron chi connectivity index (χ1n) is 8.27. The normalized spacial score (nSPS) is 10.9. The Hall–Kier alpha value is -3.22. The van der Waals surface area contributed by atoms with Gasteiger partial charge in [-0.25, -0.2) is 4.79 Å². The molecule has 0 N–H and O–H groups in total. The lowest BCUT2D eigenvalue weighted by atomic mass is 10.2. The van der Waals surface area contributed by atoms with Crippen molar-refractivity contribution in [3.63, 3.8) is 0 Å². The van der Waals surface area contributed by atoms with Crippen molar-refractivity contribution in [3.05, 3.63) is 64.4 Å². The minimum absolute atomic E-state index is 0.313. The molecule has 0 saturated carbocycles. The highest BCUT2D eigenvalue weighted by atomic mass is 16.5. The van der Waals surface area contributed by atoms with Crippen molar-refractivity contribution < 1.29 is 14.3 Å². The predicted molar refractivity (Wildman–Crippen MR) is 96.0 cm³/mol. The molecule has 0 radical (unpaired) electrons. The van der Waals surface area contributed by atoms with Gasteiger partial charge in [0.2, 0.25) is 0 Å². The van der Waals surface area contributed by atoms with Crippen LogP contribution in [0.5, 0.6) is 5.75 Å². The number of carbonyl (C=O) groups excluding carboxylic acids is 1. The van der Waals surface area contributed by atoms with Crippen LogP contribution in [0.2, 0.25) is 0 Å². The van der Waals surface area contributed by atoms with Crippen LogP contribution < -0.4 is 10.3 Å². The lowest BCUT2D eigenvalue weighted by molar-refractivity contribution is 0.0335. The van der Waals surface area contributed by atoms with Gasteiger partial charge in [0.15, 0.2) is 6.73 Å². The van der Waals surface area contributed by atoms with E-state index in [4.69, 9.17) is 9.47 Å². The Balaban J connectivity index is 1.70. The van der Waals surface area contributed by atoms with E-state index < -0.39 is 5.97 Å². The van der Waals surface area contributed by atoms with Crippen molar-refractivity contribution in [1.29, 1.82) is 0 Å². The number of benzene rings is 2. The molecule has 3 rings (SSSR count). The van der Waals surface area contributed by atoms with Crippen LogP contribution >= 0.6 is 0 Å². The molecule has 0 aliphatic rings. The van der Waals surface area contributed by atoms with E-state index in [1.165, 1.54) is 0 Å². The first-order chi connectivity index (χ1) is 12.5. The number of esters is 1. The summed E-state index contributed by atoms with van der Waals surface area (Å²) in [5.41, 5.74) is 0.473. The van der Waals surface area contributed by atoms with Crippen LogP contribution in [0.15, 0.2) is 53.3 Å². The fourth-order valence-corrected chi connectivity index (χ4v) is 2.29. The Bertz CT molecular complexity index is 982. The van der Waals surface area contributed by atoms with Crippen LogP contribution in [0, 0.1) is 5.92 Å². The second-order valence-electron chi connectivity index (χ2n) is 6.20. The molecular formula is C19H19N3O4. The van der Waals surface area contributed by atoms with Gasteiger partial charge in [-0.1, -0.05) is 37.3 Å². The lowest BCUT2D eigenvalue weighted by Crippen LogP contribution is -2.26. The van der Waals surface area contributed by atoms with E-state index in [2.05, 4.69) is 10.3 Å². The number of rotatable bonds is 6. The van der Waals surface area contributed by atoms with Crippen molar-refractivity contribution in [2.45, 2.75) is 20.6 Å². The number of nitrogens with zero attached hydrogens (tertiary/aromatic N) is 3. The molecule has 26 heavy (non-hydrogen) atoms. The van der Waals surface area contributed by atoms with Gasteiger partial charge in [0.05, 0.1) is 17.6 Å². The molecule has 7 heteroatoms. The van der Waals surface area contributed by atoms with Gasteiger partial charge < -0.3 is 9.47 Å². The molecular weight excluding hydrogens is 334 g/mol. The maximum Gasteiger partial charge on any atom is 0.340 e. The number of hydrogen-bond acceptors (Lipinski definition) is 6. The third kappa shape index (κ3) is 4.05. The lowest BCUT2D eigenvalue weighted by Gasteiger charge is -2.10. The molecule has 0 atom stereocenters. The van der Waals surface area contributed by atoms with Gasteiger partial charge >= 0.3 is 5.97 Å². The number of aromatic nitrogens is 3. The quantitative estimate of drug-likeness (QED) is 0.634. The van der Waals surface area contributed by atoms with Crippen molar-refractivity contribution in [1.82, 2.24) is 15.0 Å². The zero-order chi connectivity index (χ0) is 18.5. The van der Waals surface area contributed by atoms with Gasteiger partial charge in [0.1, 0.15) is 11.3 Å². The Morgan fingerprint density at radius 2 is 1.96 bits per heavy atom.